The molecule has 4 heteroatoms. The highest BCUT2D eigenvalue weighted by atomic mass is 35.5. The zero-order chi connectivity index (χ0) is 12.3. The van der Waals surface area contributed by atoms with Gasteiger partial charge in [-0.3, -0.25) is 0 Å². The largest absolute Gasteiger partial charge is 0.387 e. The molecule has 0 saturated carbocycles. The molecule has 1 aromatic heterocycles. The molecule has 0 aliphatic carbocycles. The smallest absolute Gasteiger partial charge is 0.0978 e. The lowest BCUT2D eigenvalue weighted by Crippen LogP contribution is -1.99. The quantitative estimate of drug-likeness (QED) is 0.832. The number of thiophene rings is 1. The van der Waals surface area contributed by atoms with Crippen molar-refractivity contribution in [2.24, 2.45) is 0 Å². The Labute approximate surface area is 114 Å². The number of hydrogen-bond donors (Lipinski definition) is 1. The van der Waals surface area contributed by atoms with Gasteiger partial charge in [0.05, 0.1) is 6.10 Å². The minimum atomic E-state index is -0.393. The number of benzene rings is 1. The Morgan fingerprint density at radius 2 is 2.00 bits per heavy atom. The van der Waals surface area contributed by atoms with E-state index >= 15 is 0 Å². The van der Waals surface area contributed by atoms with Crippen molar-refractivity contribution in [3.05, 3.63) is 51.2 Å². The Morgan fingerprint density at radius 1 is 1.29 bits per heavy atom. The van der Waals surface area contributed by atoms with Crippen molar-refractivity contribution in [2.75, 3.05) is 5.75 Å². The molecule has 1 atom stereocenters. The van der Waals surface area contributed by atoms with E-state index in [-0.39, 0.29) is 0 Å². The summed E-state index contributed by atoms with van der Waals surface area (Å²) in [5, 5.41) is 12.8. The number of aliphatic hydroxyl groups is 1. The first-order chi connectivity index (χ1) is 8.16. The number of rotatable bonds is 4. The number of thioether (sulfide) groups is 1. The van der Waals surface area contributed by atoms with E-state index in [1.54, 1.807) is 23.1 Å². The number of aliphatic hydroxyl groups excluding tert-OH is 1. The average Bonchev–Trinajstić information content (AvgIpc) is 2.74. The van der Waals surface area contributed by atoms with Gasteiger partial charge in [0, 0.05) is 20.5 Å². The fourth-order valence-corrected chi connectivity index (χ4v) is 3.50. The molecule has 0 spiro atoms. The van der Waals surface area contributed by atoms with Crippen LogP contribution in [0.25, 0.3) is 0 Å². The van der Waals surface area contributed by atoms with Crippen molar-refractivity contribution in [3.63, 3.8) is 0 Å². The highest BCUT2D eigenvalue weighted by molar-refractivity contribution is 7.99. The van der Waals surface area contributed by atoms with E-state index in [2.05, 4.69) is 0 Å². The first-order valence-corrected chi connectivity index (χ1v) is 7.51. The molecule has 17 heavy (non-hydrogen) atoms. The summed E-state index contributed by atoms with van der Waals surface area (Å²) in [4.78, 5) is 2.19. The SMILES string of the molecule is Cc1ccsc1C(O)CSc1ccc(Cl)cc1. The van der Waals surface area contributed by atoms with Gasteiger partial charge in [-0.05, 0) is 48.2 Å². The van der Waals surface area contributed by atoms with Gasteiger partial charge in [0.1, 0.15) is 0 Å². The lowest BCUT2D eigenvalue weighted by molar-refractivity contribution is 0.207. The molecule has 1 N–H and O–H groups in total. The summed E-state index contributed by atoms with van der Waals surface area (Å²) in [7, 11) is 0. The van der Waals surface area contributed by atoms with Crippen molar-refractivity contribution in [1.29, 1.82) is 0 Å². The summed E-state index contributed by atoms with van der Waals surface area (Å²) < 4.78 is 0. The van der Waals surface area contributed by atoms with Gasteiger partial charge < -0.3 is 5.11 Å². The minimum absolute atomic E-state index is 0.393. The Bertz CT molecular complexity index is 478. The topological polar surface area (TPSA) is 20.2 Å². The predicted octanol–water partition coefficient (Wildman–Crippen LogP) is 4.54. The lowest BCUT2D eigenvalue weighted by atomic mass is 10.2. The van der Waals surface area contributed by atoms with Gasteiger partial charge in [-0.1, -0.05) is 11.6 Å². The fraction of sp³-hybridized carbons (Fsp3) is 0.231. The third-order valence-electron chi connectivity index (χ3n) is 2.43. The Kier molecular flexibility index (Phi) is 4.51. The van der Waals surface area contributed by atoms with Crippen LogP contribution in [0.5, 0.6) is 0 Å². The molecule has 0 bridgehead atoms. The van der Waals surface area contributed by atoms with Crippen LogP contribution in [-0.4, -0.2) is 10.9 Å². The third-order valence-corrected chi connectivity index (χ3v) is 4.89. The fourth-order valence-electron chi connectivity index (χ4n) is 1.51. The molecular weight excluding hydrogens is 272 g/mol. The van der Waals surface area contributed by atoms with Crippen LogP contribution < -0.4 is 0 Å². The summed E-state index contributed by atoms with van der Waals surface area (Å²) in [6.07, 6.45) is -0.393. The van der Waals surface area contributed by atoms with Crippen LogP contribution >= 0.6 is 34.7 Å². The predicted molar refractivity (Wildman–Crippen MR) is 76.2 cm³/mol. The van der Waals surface area contributed by atoms with Gasteiger partial charge in [-0.2, -0.15) is 0 Å². The van der Waals surface area contributed by atoms with E-state index in [1.165, 1.54) is 5.56 Å². The molecule has 1 nitrogen and oxygen atoms in total. The molecule has 2 aromatic rings. The minimum Gasteiger partial charge on any atom is -0.387 e. The van der Waals surface area contributed by atoms with Crippen LogP contribution in [0.15, 0.2) is 40.6 Å². The molecule has 0 aliphatic heterocycles. The number of aryl methyl sites for hydroxylation is 1. The summed E-state index contributed by atoms with van der Waals surface area (Å²) >= 11 is 9.07. The Hall–Kier alpha value is -0.480. The van der Waals surface area contributed by atoms with E-state index in [4.69, 9.17) is 11.6 Å². The highest BCUT2D eigenvalue weighted by Gasteiger charge is 2.12. The lowest BCUT2D eigenvalue weighted by Gasteiger charge is -2.09. The van der Waals surface area contributed by atoms with Crippen molar-refractivity contribution in [2.45, 2.75) is 17.9 Å². The molecule has 0 aliphatic rings. The van der Waals surface area contributed by atoms with E-state index in [0.717, 1.165) is 14.8 Å². The summed E-state index contributed by atoms with van der Waals surface area (Å²) in [6, 6.07) is 9.72. The summed E-state index contributed by atoms with van der Waals surface area (Å²) in [5.41, 5.74) is 1.17. The van der Waals surface area contributed by atoms with Gasteiger partial charge in [0.25, 0.3) is 0 Å². The zero-order valence-corrected chi connectivity index (χ0v) is 11.8. The summed E-state index contributed by atoms with van der Waals surface area (Å²) in [6.45, 7) is 2.03. The van der Waals surface area contributed by atoms with Crippen LogP contribution in [0.3, 0.4) is 0 Å². The van der Waals surface area contributed by atoms with Gasteiger partial charge in [-0.25, -0.2) is 0 Å². The highest BCUT2D eigenvalue weighted by Crippen LogP contribution is 2.29. The van der Waals surface area contributed by atoms with E-state index in [1.807, 2.05) is 42.6 Å². The summed E-state index contributed by atoms with van der Waals surface area (Å²) in [5.74, 6) is 0.670. The molecule has 2 rings (SSSR count). The average molecular weight is 285 g/mol. The molecule has 0 radical (unpaired) electrons. The van der Waals surface area contributed by atoms with E-state index < -0.39 is 6.10 Å². The first kappa shape index (κ1) is 13.0. The van der Waals surface area contributed by atoms with Crippen molar-refractivity contribution in [3.8, 4) is 0 Å². The molecule has 0 fully saturated rings. The van der Waals surface area contributed by atoms with Gasteiger partial charge in [0.2, 0.25) is 0 Å². The maximum absolute atomic E-state index is 10.1. The number of hydrogen-bond acceptors (Lipinski definition) is 3. The standard InChI is InChI=1S/C13H13ClOS2/c1-9-6-7-16-13(9)12(15)8-17-11-4-2-10(14)3-5-11/h2-7,12,15H,8H2,1H3. The number of halogens is 1. The first-order valence-electron chi connectivity index (χ1n) is 5.27. The second kappa shape index (κ2) is 5.91. The van der Waals surface area contributed by atoms with E-state index in [9.17, 15) is 5.11 Å². The van der Waals surface area contributed by atoms with Crippen molar-refractivity contribution in [1.82, 2.24) is 0 Å². The Morgan fingerprint density at radius 3 is 2.59 bits per heavy atom. The molecule has 1 aromatic carbocycles. The third kappa shape index (κ3) is 3.49. The zero-order valence-electron chi connectivity index (χ0n) is 9.39. The molecule has 1 unspecified atom stereocenters. The van der Waals surface area contributed by atoms with Crippen LogP contribution in [0, 0.1) is 6.92 Å². The monoisotopic (exact) mass is 284 g/mol. The van der Waals surface area contributed by atoms with E-state index in [0.29, 0.717) is 5.75 Å². The molecule has 0 amide bonds. The van der Waals surface area contributed by atoms with Crippen LogP contribution in [0.2, 0.25) is 5.02 Å². The molecule has 90 valence electrons. The second-order valence-corrected chi connectivity index (χ2v) is 6.23. The van der Waals surface area contributed by atoms with Crippen molar-refractivity contribution >= 4 is 34.7 Å². The Balaban J connectivity index is 1.94. The van der Waals surface area contributed by atoms with Crippen LogP contribution in [-0.2, 0) is 0 Å². The molecule has 0 saturated heterocycles. The second-order valence-electron chi connectivity index (χ2n) is 3.75. The van der Waals surface area contributed by atoms with Crippen LogP contribution in [0.1, 0.15) is 16.5 Å². The van der Waals surface area contributed by atoms with Crippen LogP contribution in [0.4, 0.5) is 0 Å². The maximum Gasteiger partial charge on any atom is 0.0978 e. The van der Waals surface area contributed by atoms with Crippen molar-refractivity contribution < 1.29 is 5.11 Å². The molecular formula is C13H13ClOS2. The van der Waals surface area contributed by atoms with Gasteiger partial charge in [0.15, 0.2) is 0 Å². The maximum atomic E-state index is 10.1. The normalized spacial score (nSPS) is 12.6. The molecule has 1 heterocycles. The van der Waals surface area contributed by atoms with Gasteiger partial charge in [-0.15, -0.1) is 23.1 Å². The van der Waals surface area contributed by atoms with Gasteiger partial charge >= 0.3 is 0 Å².